The van der Waals surface area contributed by atoms with Crippen molar-refractivity contribution in [2.45, 2.75) is 32.7 Å². The van der Waals surface area contributed by atoms with Crippen LogP contribution < -0.4 is 15.4 Å². The summed E-state index contributed by atoms with van der Waals surface area (Å²) in [7, 11) is 0. The van der Waals surface area contributed by atoms with Gasteiger partial charge >= 0.3 is 6.03 Å². The van der Waals surface area contributed by atoms with Crippen LogP contribution in [0.15, 0.2) is 48.5 Å². The summed E-state index contributed by atoms with van der Waals surface area (Å²) in [4.78, 5) is 26.1. The van der Waals surface area contributed by atoms with Crippen molar-refractivity contribution in [1.29, 1.82) is 0 Å². The van der Waals surface area contributed by atoms with Gasteiger partial charge in [-0.1, -0.05) is 51.1 Å². The minimum atomic E-state index is -0.289. The van der Waals surface area contributed by atoms with Gasteiger partial charge in [-0.15, -0.1) is 0 Å². The van der Waals surface area contributed by atoms with Crippen LogP contribution in [0.1, 0.15) is 31.9 Å². The number of hydrogen-bond acceptors (Lipinski definition) is 3. The molecular weight excluding hydrogens is 354 g/mol. The Morgan fingerprint density at radius 2 is 1.82 bits per heavy atom. The highest BCUT2D eigenvalue weighted by molar-refractivity contribution is 5.89. The number of nitrogens with one attached hydrogen (secondary N) is 2. The lowest BCUT2D eigenvalue weighted by Gasteiger charge is -2.20. The number of rotatable bonds is 4. The van der Waals surface area contributed by atoms with Crippen LogP contribution in [0.4, 0.5) is 10.5 Å². The second-order valence-corrected chi connectivity index (χ2v) is 7.92. The molecule has 0 spiro atoms. The smallest absolute Gasteiger partial charge is 0.319 e. The molecule has 0 radical (unpaired) electrons. The van der Waals surface area contributed by atoms with Crippen LogP contribution in [0.2, 0.25) is 0 Å². The molecule has 2 N–H and O–H groups in total. The summed E-state index contributed by atoms with van der Waals surface area (Å²) in [6.45, 7) is 7.73. The minimum absolute atomic E-state index is 0.0172. The van der Waals surface area contributed by atoms with Crippen molar-refractivity contribution in [3.05, 3.63) is 59.7 Å². The molecular formula is C22H27N3O3. The number of carbonyl (C=O) groups excluding carboxylic acids is 2. The second-order valence-electron chi connectivity index (χ2n) is 7.92. The van der Waals surface area contributed by atoms with E-state index in [2.05, 4.69) is 31.4 Å². The topological polar surface area (TPSA) is 70.7 Å². The van der Waals surface area contributed by atoms with Gasteiger partial charge in [0.15, 0.2) is 6.61 Å². The Kier molecular flexibility index (Phi) is 5.87. The summed E-state index contributed by atoms with van der Waals surface area (Å²) in [5, 5.41) is 5.62. The van der Waals surface area contributed by atoms with Crippen LogP contribution in [0.3, 0.4) is 0 Å². The van der Waals surface area contributed by atoms with Gasteiger partial charge in [0.25, 0.3) is 5.91 Å². The number of fused-ring (bicyclic) bond motifs is 1. The molecule has 148 valence electrons. The summed E-state index contributed by atoms with van der Waals surface area (Å²) in [5.74, 6) is 0.652. The van der Waals surface area contributed by atoms with Crippen molar-refractivity contribution < 1.29 is 14.3 Å². The number of ether oxygens (including phenoxy) is 1. The predicted octanol–water partition coefficient (Wildman–Crippen LogP) is 3.53. The fourth-order valence-corrected chi connectivity index (χ4v) is 3.04. The zero-order valence-electron chi connectivity index (χ0n) is 16.6. The molecule has 0 aliphatic carbocycles. The van der Waals surface area contributed by atoms with Gasteiger partial charge in [0.2, 0.25) is 0 Å². The summed E-state index contributed by atoms with van der Waals surface area (Å²) < 4.78 is 5.54. The third-order valence-electron chi connectivity index (χ3n) is 4.71. The second kappa shape index (κ2) is 8.33. The maximum absolute atomic E-state index is 12.2. The van der Waals surface area contributed by atoms with Gasteiger partial charge in [0, 0.05) is 30.9 Å². The van der Waals surface area contributed by atoms with Gasteiger partial charge in [-0.3, -0.25) is 4.79 Å². The highest BCUT2D eigenvalue weighted by Gasteiger charge is 2.21. The molecule has 1 aliphatic heterocycles. The lowest BCUT2D eigenvalue weighted by Crippen LogP contribution is -2.40. The van der Waals surface area contributed by atoms with Crippen LogP contribution in [0.25, 0.3) is 0 Å². The predicted molar refractivity (Wildman–Crippen MR) is 110 cm³/mol. The van der Waals surface area contributed by atoms with Crippen molar-refractivity contribution >= 4 is 17.6 Å². The van der Waals surface area contributed by atoms with E-state index >= 15 is 0 Å². The van der Waals surface area contributed by atoms with E-state index in [1.807, 2.05) is 48.5 Å². The van der Waals surface area contributed by atoms with E-state index in [-0.39, 0.29) is 24.0 Å². The molecule has 0 atom stereocenters. The van der Waals surface area contributed by atoms with E-state index in [1.54, 1.807) is 4.90 Å². The van der Waals surface area contributed by atoms with Crippen molar-refractivity contribution in [3.8, 4) is 5.75 Å². The molecule has 0 bridgehead atoms. The number of urea groups is 1. The number of carbonyl (C=O) groups is 2. The SMILES string of the molecule is CC(C)(C)c1ccc(NC(=O)NCCN2Cc3ccccc3OCC2=O)cc1. The number of anilines is 1. The first kappa shape index (κ1) is 19.7. The molecule has 3 amide bonds. The Bertz CT molecular complexity index is 841. The summed E-state index contributed by atoms with van der Waals surface area (Å²) in [5.41, 5.74) is 2.99. The monoisotopic (exact) mass is 381 g/mol. The number of amides is 3. The average Bonchev–Trinajstić information content (AvgIpc) is 2.81. The van der Waals surface area contributed by atoms with Gasteiger partial charge in [-0.05, 0) is 29.2 Å². The lowest BCUT2D eigenvalue weighted by atomic mass is 9.87. The van der Waals surface area contributed by atoms with Crippen LogP contribution in [-0.2, 0) is 16.8 Å². The first-order chi connectivity index (χ1) is 13.3. The van der Waals surface area contributed by atoms with E-state index in [0.29, 0.717) is 19.6 Å². The van der Waals surface area contributed by atoms with Gasteiger partial charge in [-0.25, -0.2) is 4.79 Å². The van der Waals surface area contributed by atoms with Crippen LogP contribution >= 0.6 is 0 Å². The molecule has 1 aliphatic rings. The van der Waals surface area contributed by atoms with E-state index in [9.17, 15) is 9.59 Å². The normalized spacial score (nSPS) is 14.0. The third kappa shape index (κ3) is 5.03. The molecule has 0 unspecified atom stereocenters. The molecule has 2 aromatic carbocycles. The van der Waals surface area contributed by atoms with Crippen molar-refractivity contribution in [3.63, 3.8) is 0 Å². The quantitative estimate of drug-likeness (QED) is 0.851. The van der Waals surface area contributed by atoms with Crippen molar-refractivity contribution in [1.82, 2.24) is 10.2 Å². The van der Waals surface area contributed by atoms with Crippen LogP contribution in [0.5, 0.6) is 5.75 Å². The van der Waals surface area contributed by atoms with E-state index in [4.69, 9.17) is 4.74 Å². The van der Waals surface area contributed by atoms with Crippen molar-refractivity contribution in [2.24, 2.45) is 0 Å². The zero-order chi connectivity index (χ0) is 20.1. The first-order valence-corrected chi connectivity index (χ1v) is 9.47. The molecule has 0 saturated carbocycles. The third-order valence-corrected chi connectivity index (χ3v) is 4.71. The van der Waals surface area contributed by atoms with Gasteiger partial charge in [0.1, 0.15) is 5.75 Å². The van der Waals surface area contributed by atoms with Gasteiger partial charge in [-0.2, -0.15) is 0 Å². The molecule has 0 saturated heterocycles. The van der Waals surface area contributed by atoms with E-state index in [1.165, 1.54) is 5.56 Å². The fourth-order valence-electron chi connectivity index (χ4n) is 3.04. The van der Waals surface area contributed by atoms with Gasteiger partial charge < -0.3 is 20.3 Å². The highest BCUT2D eigenvalue weighted by Crippen LogP contribution is 2.24. The summed E-state index contributed by atoms with van der Waals surface area (Å²) in [6, 6.07) is 15.2. The maximum atomic E-state index is 12.2. The molecule has 0 fully saturated rings. The number of hydrogen-bond donors (Lipinski definition) is 2. The number of para-hydroxylation sites is 1. The Morgan fingerprint density at radius 1 is 1.11 bits per heavy atom. The molecule has 3 rings (SSSR count). The molecule has 1 heterocycles. The standard InChI is InChI=1S/C22H27N3O3/c1-22(2,3)17-8-10-18(11-9-17)24-21(27)23-12-13-25-14-16-6-4-5-7-19(16)28-15-20(25)26/h4-11H,12-15H2,1-3H3,(H2,23,24,27). The molecule has 6 heteroatoms. The Labute approximate surface area is 165 Å². The number of benzene rings is 2. The lowest BCUT2D eigenvalue weighted by molar-refractivity contribution is -0.133. The fraction of sp³-hybridized carbons (Fsp3) is 0.364. The molecule has 0 aromatic heterocycles. The van der Waals surface area contributed by atoms with E-state index in [0.717, 1.165) is 17.0 Å². The Hall–Kier alpha value is -3.02. The van der Waals surface area contributed by atoms with Gasteiger partial charge in [0.05, 0.1) is 0 Å². The molecule has 28 heavy (non-hydrogen) atoms. The number of nitrogens with zero attached hydrogens (tertiary/aromatic N) is 1. The first-order valence-electron chi connectivity index (χ1n) is 9.47. The summed E-state index contributed by atoms with van der Waals surface area (Å²) >= 11 is 0. The summed E-state index contributed by atoms with van der Waals surface area (Å²) in [6.07, 6.45) is 0. The van der Waals surface area contributed by atoms with Crippen LogP contribution in [-0.4, -0.2) is 36.5 Å². The van der Waals surface area contributed by atoms with Crippen LogP contribution in [0, 0.1) is 0 Å². The van der Waals surface area contributed by atoms with Crippen molar-refractivity contribution in [2.75, 3.05) is 25.0 Å². The zero-order valence-corrected chi connectivity index (χ0v) is 16.6. The average molecular weight is 381 g/mol. The molecule has 2 aromatic rings. The van der Waals surface area contributed by atoms with E-state index < -0.39 is 0 Å². The largest absolute Gasteiger partial charge is 0.483 e. The minimum Gasteiger partial charge on any atom is -0.483 e. The Morgan fingerprint density at radius 3 is 2.54 bits per heavy atom. The highest BCUT2D eigenvalue weighted by atomic mass is 16.5. The Balaban J connectivity index is 1.49. The maximum Gasteiger partial charge on any atom is 0.319 e. The molecule has 6 nitrogen and oxygen atoms in total.